The molecule has 2 N–H and O–H groups in total. The Bertz CT molecular complexity index is 250. The van der Waals surface area contributed by atoms with Gasteiger partial charge in [0.25, 0.3) is 0 Å². The van der Waals surface area contributed by atoms with Crippen LogP contribution in [0.3, 0.4) is 0 Å². The van der Waals surface area contributed by atoms with Gasteiger partial charge in [0.15, 0.2) is 0 Å². The maximum atomic E-state index is 10.6. The van der Waals surface area contributed by atoms with E-state index in [0.29, 0.717) is 0 Å². The van der Waals surface area contributed by atoms with Crippen LogP contribution in [-0.4, -0.2) is 5.91 Å². The molecule has 66 valence electrons. The van der Waals surface area contributed by atoms with E-state index >= 15 is 0 Å². The Kier molecular flexibility index (Phi) is 4.71. The van der Waals surface area contributed by atoms with Crippen LogP contribution in [0, 0.1) is 0 Å². The predicted octanol–water partition coefficient (Wildman–Crippen LogP) is 1.87. The van der Waals surface area contributed by atoms with Gasteiger partial charge in [-0.3, -0.25) is 4.79 Å². The maximum absolute atomic E-state index is 10.6. The summed E-state index contributed by atoms with van der Waals surface area (Å²) in [7, 11) is 0. The maximum Gasteiger partial charge on any atom is 0.240 e. The quantitative estimate of drug-likeness (QED) is 0.737. The van der Waals surface area contributed by atoms with E-state index in [0.717, 1.165) is 5.56 Å². The van der Waals surface area contributed by atoms with Gasteiger partial charge in [0.05, 0.1) is 0 Å². The van der Waals surface area contributed by atoms with Crippen LogP contribution in [0.15, 0.2) is 30.3 Å². The minimum atomic E-state index is -0.712. The number of benzene rings is 1. The Morgan fingerprint density at radius 2 is 1.83 bits per heavy atom. The van der Waals surface area contributed by atoms with Crippen LogP contribution in [0.25, 0.3) is 0 Å². The molecular weight excluding hydrogens is 197 g/mol. The van der Waals surface area contributed by atoms with Gasteiger partial charge in [0.2, 0.25) is 5.91 Å². The first-order chi connectivity index (χ1) is 5.22. The minimum absolute atomic E-state index is 0. The Labute approximate surface area is 82.1 Å². The van der Waals surface area contributed by atoms with Crippen molar-refractivity contribution in [1.29, 1.82) is 0 Å². The molecule has 12 heavy (non-hydrogen) atoms. The molecule has 1 aromatic rings. The summed E-state index contributed by atoms with van der Waals surface area (Å²) in [6.45, 7) is 0. The van der Waals surface area contributed by atoms with Crippen molar-refractivity contribution in [2.24, 2.45) is 5.73 Å². The number of carbonyl (C=O) groups excluding carboxylic acids is 1. The van der Waals surface area contributed by atoms with Crippen molar-refractivity contribution in [3.63, 3.8) is 0 Å². The van der Waals surface area contributed by atoms with Gasteiger partial charge in [-0.15, -0.1) is 24.0 Å². The molecule has 0 aromatic heterocycles. The topological polar surface area (TPSA) is 43.1 Å². The average Bonchev–Trinajstić information content (AvgIpc) is 2.05. The number of hydrogen-bond acceptors (Lipinski definition) is 1. The molecule has 0 saturated heterocycles. The molecule has 0 aliphatic heterocycles. The monoisotopic (exact) mass is 205 g/mol. The number of rotatable bonds is 2. The Morgan fingerprint density at radius 3 is 2.25 bits per heavy atom. The molecule has 0 bridgehead atoms. The van der Waals surface area contributed by atoms with Crippen LogP contribution in [0.2, 0.25) is 0 Å². The summed E-state index contributed by atoms with van der Waals surface area (Å²) in [5.41, 5.74) is 5.73. The second-order valence-corrected chi connectivity index (χ2v) is 2.61. The lowest BCUT2D eigenvalue weighted by atomic mass is 10.1. The molecule has 1 unspecified atom stereocenters. The van der Waals surface area contributed by atoms with Crippen LogP contribution in [0.5, 0.6) is 0 Å². The Morgan fingerprint density at radius 1 is 1.33 bits per heavy atom. The molecule has 1 aromatic carbocycles. The van der Waals surface area contributed by atoms with Gasteiger partial charge in [0.1, 0.15) is 5.38 Å². The van der Waals surface area contributed by atoms with E-state index in [9.17, 15) is 4.79 Å². The smallest absolute Gasteiger partial charge is 0.240 e. The SMILES string of the molecule is Cl.NC(=O)C(Cl)c1ccccc1. The van der Waals surface area contributed by atoms with Crippen LogP contribution in [0.1, 0.15) is 10.9 Å². The van der Waals surface area contributed by atoms with Crippen LogP contribution >= 0.6 is 24.0 Å². The zero-order valence-corrected chi connectivity index (χ0v) is 7.81. The molecule has 0 fully saturated rings. The van der Waals surface area contributed by atoms with Crippen LogP contribution in [-0.2, 0) is 4.79 Å². The molecule has 0 aliphatic rings. The lowest BCUT2D eigenvalue weighted by Crippen LogP contribution is -2.16. The molecule has 0 heterocycles. The highest BCUT2D eigenvalue weighted by Crippen LogP contribution is 2.18. The zero-order valence-electron chi connectivity index (χ0n) is 6.24. The number of alkyl halides is 1. The van der Waals surface area contributed by atoms with Gasteiger partial charge >= 0.3 is 0 Å². The second kappa shape index (κ2) is 5.01. The molecule has 0 radical (unpaired) electrons. The highest BCUT2D eigenvalue weighted by Gasteiger charge is 2.12. The first kappa shape index (κ1) is 11.3. The van der Waals surface area contributed by atoms with Crippen molar-refractivity contribution < 1.29 is 4.79 Å². The van der Waals surface area contributed by atoms with Gasteiger partial charge in [-0.25, -0.2) is 0 Å². The predicted molar refractivity (Wildman–Crippen MR) is 51.5 cm³/mol. The van der Waals surface area contributed by atoms with E-state index in [1.165, 1.54) is 0 Å². The number of primary amides is 1. The fourth-order valence-corrected chi connectivity index (χ4v) is 0.932. The molecule has 0 aliphatic carbocycles. The molecule has 2 nitrogen and oxygen atoms in total. The number of amides is 1. The Hall–Kier alpha value is -0.730. The third kappa shape index (κ3) is 2.72. The molecule has 1 amide bonds. The summed E-state index contributed by atoms with van der Waals surface area (Å²) in [4.78, 5) is 10.6. The van der Waals surface area contributed by atoms with E-state index in [4.69, 9.17) is 17.3 Å². The largest absolute Gasteiger partial charge is 0.368 e. The van der Waals surface area contributed by atoms with E-state index in [-0.39, 0.29) is 12.4 Å². The molecule has 1 atom stereocenters. The van der Waals surface area contributed by atoms with Crippen molar-refractivity contribution >= 4 is 29.9 Å². The zero-order chi connectivity index (χ0) is 8.27. The highest BCUT2D eigenvalue weighted by molar-refractivity contribution is 6.30. The molecule has 4 heteroatoms. The summed E-state index contributed by atoms with van der Waals surface area (Å²) >= 11 is 5.67. The standard InChI is InChI=1S/C8H8ClNO.ClH/c9-7(8(10)11)6-4-2-1-3-5-6;/h1-5,7H,(H2,10,11);1H. The minimum Gasteiger partial charge on any atom is -0.368 e. The summed E-state index contributed by atoms with van der Waals surface area (Å²) in [5, 5.41) is -0.712. The number of nitrogens with two attached hydrogens (primary N) is 1. The van der Waals surface area contributed by atoms with Gasteiger partial charge in [-0.1, -0.05) is 30.3 Å². The Balaban J connectivity index is 0.00000121. The van der Waals surface area contributed by atoms with Gasteiger partial charge in [-0.05, 0) is 5.56 Å². The lowest BCUT2D eigenvalue weighted by Gasteiger charge is -2.03. The van der Waals surface area contributed by atoms with Crippen LogP contribution < -0.4 is 5.73 Å². The number of halogens is 2. The highest BCUT2D eigenvalue weighted by atomic mass is 35.5. The van der Waals surface area contributed by atoms with E-state index in [1.807, 2.05) is 18.2 Å². The lowest BCUT2D eigenvalue weighted by molar-refractivity contribution is -0.117. The summed E-state index contributed by atoms with van der Waals surface area (Å²) < 4.78 is 0. The number of hydrogen-bond donors (Lipinski definition) is 1. The van der Waals surface area contributed by atoms with Crippen molar-refractivity contribution in [2.75, 3.05) is 0 Å². The first-order valence-electron chi connectivity index (χ1n) is 3.20. The van der Waals surface area contributed by atoms with Gasteiger partial charge in [-0.2, -0.15) is 0 Å². The molecule has 0 saturated carbocycles. The average molecular weight is 206 g/mol. The van der Waals surface area contributed by atoms with Gasteiger partial charge < -0.3 is 5.73 Å². The second-order valence-electron chi connectivity index (χ2n) is 2.18. The summed E-state index contributed by atoms with van der Waals surface area (Å²) in [5.74, 6) is -0.516. The van der Waals surface area contributed by atoms with Crippen LogP contribution in [0.4, 0.5) is 0 Å². The fraction of sp³-hybridized carbons (Fsp3) is 0.125. The number of carbonyl (C=O) groups is 1. The third-order valence-corrected chi connectivity index (χ3v) is 1.81. The van der Waals surface area contributed by atoms with Crippen molar-refractivity contribution in [3.8, 4) is 0 Å². The first-order valence-corrected chi connectivity index (χ1v) is 3.64. The summed E-state index contributed by atoms with van der Waals surface area (Å²) in [6.07, 6.45) is 0. The third-order valence-electron chi connectivity index (χ3n) is 1.34. The van der Waals surface area contributed by atoms with Crippen molar-refractivity contribution in [2.45, 2.75) is 5.38 Å². The molecular formula is C8H9Cl2NO. The van der Waals surface area contributed by atoms with Crippen molar-refractivity contribution in [1.82, 2.24) is 0 Å². The van der Waals surface area contributed by atoms with Gasteiger partial charge in [0, 0.05) is 0 Å². The van der Waals surface area contributed by atoms with E-state index in [1.54, 1.807) is 12.1 Å². The van der Waals surface area contributed by atoms with Crippen molar-refractivity contribution in [3.05, 3.63) is 35.9 Å². The molecule has 1 rings (SSSR count). The fourth-order valence-electron chi connectivity index (χ4n) is 0.786. The summed E-state index contributed by atoms with van der Waals surface area (Å²) in [6, 6.07) is 9.01. The molecule has 0 spiro atoms. The van der Waals surface area contributed by atoms with E-state index in [2.05, 4.69) is 0 Å². The normalized spacial score (nSPS) is 11.4. The van der Waals surface area contributed by atoms with E-state index < -0.39 is 11.3 Å².